The van der Waals surface area contributed by atoms with Crippen molar-refractivity contribution in [1.82, 2.24) is 14.5 Å². The van der Waals surface area contributed by atoms with E-state index in [4.69, 9.17) is 16.7 Å². The highest BCUT2D eigenvalue weighted by molar-refractivity contribution is 7.89. The number of imidazole rings is 1. The molecule has 0 aliphatic heterocycles. The number of pyridine rings is 1. The fourth-order valence-electron chi connectivity index (χ4n) is 3.27. The average Bonchev–Trinajstić information content (AvgIpc) is 3.10. The molecule has 8 nitrogen and oxygen atoms in total. The third-order valence-electron chi connectivity index (χ3n) is 4.63. The highest BCUT2D eigenvalue weighted by Gasteiger charge is 2.14. The van der Waals surface area contributed by atoms with E-state index in [1.54, 1.807) is 12.4 Å². The molecule has 0 unspecified atom stereocenters. The summed E-state index contributed by atoms with van der Waals surface area (Å²) in [6.07, 6.45) is 3.03. The van der Waals surface area contributed by atoms with Crippen LogP contribution in [0.1, 0.15) is 5.56 Å². The second kappa shape index (κ2) is 8.65. The van der Waals surface area contributed by atoms with Gasteiger partial charge in [0.15, 0.2) is 0 Å². The Kier molecular flexibility index (Phi) is 5.92. The van der Waals surface area contributed by atoms with Crippen LogP contribution in [-0.2, 0) is 21.4 Å². The molecule has 0 aliphatic carbocycles. The number of halogens is 2. The molecule has 0 saturated carbocycles. The Labute approximate surface area is 187 Å². The van der Waals surface area contributed by atoms with Gasteiger partial charge in [-0.2, -0.15) is 0 Å². The van der Waals surface area contributed by atoms with Crippen molar-refractivity contribution in [1.29, 1.82) is 0 Å². The van der Waals surface area contributed by atoms with Gasteiger partial charge in [-0.05, 0) is 41.5 Å². The van der Waals surface area contributed by atoms with Crippen molar-refractivity contribution < 1.29 is 17.6 Å². The van der Waals surface area contributed by atoms with Crippen LogP contribution in [0.3, 0.4) is 0 Å². The van der Waals surface area contributed by atoms with Crippen molar-refractivity contribution in [3.8, 4) is 11.1 Å². The zero-order valence-corrected chi connectivity index (χ0v) is 18.1. The average molecular weight is 474 g/mol. The molecule has 2 aromatic carbocycles. The van der Waals surface area contributed by atoms with Crippen molar-refractivity contribution in [3.63, 3.8) is 0 Å². The van der Waals surface area contributed by atoms with Crippen LogP contribution < -0.4 is 10.5 Å². The van der Waals surface area contributed by atoms with Gasteiger partial charge < -0.3 is 9.88 Å². The van der Waals surface area contributed by atoms with Gasteiger partial charge >= 0.3 is 0 Å². The minimum atomic E-state index is -3.96. The van der Waals surface area contributed by atoms with Gasteiger partial charge in [-0.3, -0.25) is 4.79 Å². The molecular formula is C21H17ClFN5O3S. The van der Waals surface area contributed by atoms with E-state index in [0.717, 1.165) is 22.2 Å². The third kappa shape index (κ3) is 5.10. The molecule has 2 aromatic heterocycles. The van der Waals surface area contributed by atoms with E-state index in [1.807, 2.05) is 28.8 Å². The number of nitrogens with one attached hydrogen (secondary N) is 1. The van der Waals surface area contributed by atoms with Crippen LogP contribution >= 0.6 is 11.6 Å². The number of nitrogens with zero attached hydrogens (tertiary/aromatic N) is 3. The van der Waals surface area contributed by atoms with Crippen molar-refractivity contribution in [2.45, 2.75) is 6.54 Å². The lowest BCUT2D eigenvalue weighted by Crippen LogP contribution is -2.28. The predicted octanol–water partition coefficient (Wildman–Crippen LogP) is 3.17. The van der Waals surface area contributed by atoms with E-state index >= 15 is 0 Å². The van der Waals surface area contributed by atoms with Gasteiger partial charge in [0.2, 0.25) is 15.9 Å². The zero-order valence-electron chi connectivity index (χ0n) is 16.5. The lowest BCUT2D eigenvalue weighted by Gasteiger charge is -2.10. The third-order valence-corrected chi connectivity index (χ3v) is 5.59. The minimum absolute atomic E-state index is 0.131. The summed E-state index contributed by atoms with van der Waals surface area (Å²) in [4.78, 5) is 20.3. The van der Waals surface area contributed by atoms with Crippen LogP contribution in [0.5, 0.6) is 0 Å². The van der Waals surface area contributed by atoms with Crippen LogP contribution in [-0.4, -0.2) is 34.6 Å². The summed E-state index contributed by atoms with van der Waals surface area (Å²) < 4.78 is 37.6. The number of hydrogen-bond donors (Lipinski definition) is 2. The van der Waals surface area contributed by atoms with Gasteiger partial charge in [0.05, 0.1) is 22.4 Å². The monoisotopic (exact) mass is 473 g/mol. The number of aromatic nitrogens is 3. The summed E-state index contributed by atoms with van der Waals surface area (Å²) in [7, 11) is -3.96. The van der Waals surface area contributed by atoms with E-state index in [-0.39, 0.29) is 11.6 Å². The highest BCUT2D eigenvalue weighted by Crippen LogP contribution is 2.31. The molecule has 0 radical (unpaired) electrons. The van der Waals surface area contributed by atoms with Crippen molar-refractivity contribution in [3.05, 3.63) is 77.5 Å². The number of carbonyl (C=O) groups is 1. The SMILES string of the molecule is NS(=O)(=O)CC(=O)Nc1cc(-c2ccc3ncn(Cc4cccc(F)c4)c3c2)c(Cl)cn1. The van der Waals surface area contributed by atoms with Crippen molar-refractivity contribution in [2.75, 3.05) is 11.1 Å². The number of hydrogen-bond acceptors (Lipinski definition) is 5. The number of carbonyl (C=O) groups excluding carboxylic acids is 1. The second-order valence-electron chi connectivity index (χ2n) is 7.11. The number of primary sulfonamides is 1. The van der Waals surface area contributed by atoms with Crippen molar-refractivity contribution in [2.24, 2.45) is 5.14 Å². The normalized spacial score (nSPS) is 11.6. The lowest BCUT2D eigenvalue weighted by atomic mass is 10.1. The topological polar surface area (TPSA) is 120 Å². The van der Waals surface area contributed by atoms with Gasteiger partial charge in [0.25, 0.3) is 0 Å². The molecular weight excluding hydrogens is 457 g/mol. The van der Waals surface area contributed by atoms with Gasteiger partial charge in [-0.1, -0.05) is 29.8 Å². The molecule has 11 heteroatoms. The predicted molar refractivity (Wildman–Crippen MR) is 120 cm³/mol. The molecule has 0 aliphatic rings. The van der Waals surface area contributed by atoms with E-state index in [9.17, 15) is 17.6 Å². The molecule has 164 valence electrons. The first-order valence-corrected chi connectivity index (χ1v) is 11.4. The lowest BCUT2D eigenvalue weighted by molar-refractivity contribution is -0.113. The number of rotatable bonds is 6. The number of benzene rings is 2. The smallest absolute Gasteiger partial charge is 0.242 e. The van der Waals surface area contributed by atoms with Crippen LogP contribution in [0.4, 0.5) is 10.2 Å². The Hall–Kier alpha value is -3.34. The fraction of sp³-hybridized carbons (Fsp3) is 0.0952. The van der Waals surface area contributed by atoms with E-state index in [0.29, 0.717) is 17.1 Å². The Morgan fingerprint density at radius 1 is 1.16 bits per heavy atom. The minimum Gasteiger partial charge on any atom is -0.326 e. The summed E-state index contributed by atoms with van der Waals surface area (Å²) in [6, 6.07) is 13.4. The van der Waals surface area contributed by atoms with E-state index in [1.165, 1.54) is 24.4 Å². The summed E-state index contributed by atoms with van der Waals surface area (Å²) >= 11 is 6.33. The summed E-state index contributed by atoms with van der Waals surface area (Å²) in [6.45, 7) is 0.427. The zero-order chi connectivity index (χ0) is 22.9. The number of amides is 1. The largest absolute Gasteiger partial charge is 0.326 e. The van der Waals surface area contributed by atoms with Gasteiger partial charge in [0, 0.05) is 18.3 Å². The van der Waals surface area contributed by atoms with Crippen LogP contribution in [0.15, 0.2) is 61.1 Å². The van der Waals surface area contributed by atoms with E-state index < -0.39 is 21.7 Å². The maximum atomic E-state index is 13.5. The molecule has 32 heavy (non-hydrogen) atoms. The summed E-state index contributed by atoms with van der Waals surface area (Å²) in [5, 5.41) is 7.63. The number of anilines is 1. The molecule has 0 fully saturated rings. The number of fused-ring (bicyclic) bond motifs is 1. The molecule has 2 heterocycles. The quantitative estimate of drug-likeness (QED) is 0.445. The van der Waals surface area contributed by atoms with Gasteiger partial charge in [-0.25, -0.2) is 27.9 Å². The summed E-state index contributed by atoms with van der Waals surface area (Å²) in [5.74, 6) is -1.85. The maximum Gasteiger partial charge on any atom is 0.242 e. The molecule has 0 spiro atoms. The molecule has 0 bridgehead atoms. The number of sulfonamides is 1. The maximum absolute atomic E-state index is 13.5. The first-order chi connectivity index (χ1) is 15.2. The fourth-order valence-corrected chi connectivity index (χ4v) is 3.92. The highest BCUT2D eigenvalue weighted by atomic mass is 35.5. The van der Waals surface area contributed by atoms with Crippen LogP contribution in [0, 0.1) is 5.82 Å². The van der Waals surface area contributed by atoms with Crippen LogP contribution in [0.2, 0.25) is 5.02 Å². The van der Waals surface area contributed by atoms with Crippen LogP contribution in [0.25, 0.3) is 22.2 Å². The molecule has 0 atom stereocenters. The van der Waals surface area contributed by atoms with Gasteiger partial charge in [0.1, 0.15) is 17.4 Å². The Morgan fingerprint density at radius 3 is 2.72 bits per heavy atom. The van der Waals surface area contributed by atoms with Gasteiger partial charge in [-0.15, -0.1) is 0 Å². The molecule has 0 saturated heterocycles. The summed E-state index contributed by atoms with van der Waals surface area (Å²) in [5.41, 5.74) is 3.65. The van der Waals surface area contributed by atoms with Crippen molar-refractivity contribution >= 4 is 44.4 Å². The number of nitrogens with two attached hydrogens (primary N) is 1. The Balaban J connectivity index is 1.66. The second-order valence-corrected chi connectivity index (χ2v) is 9.13. The standard InChI is InChI=1S/C21H17ClFN5O3S/c22-17-9-25-20(27-21(29)11-32(24,30)31)8-16(17)14-4-5-18-19(7-14)28(12-26-18)10-13-2-1-3-15(23)6-13/h1-9,12H,10-11H2,(H2,24,30,31)(H,25,27,29). The molecule has 4 rings (SSSR count). The molecule has 3 N–H and O–H groups in total. The first kappa shape index (κ1) is 21.9. The molecule has 1 amide bonds. The first-order valence-electron chi connectivity index (χ1n) is 9.33. The van der Waals surface area contributed by atoms with E-state index in [2.05, 4.69) is 15.3 Å². The molecule has 4 aromatic rings. The Morgan fingerprint density at radius 2 is 1.97 bits per heavy atom. The Bertz CT molecular complexity index is 1440.